The van der Waals surface area contributed by atoms with Crippen LogP contribution in [-0.4, -0.2) is 52.6 Å². The highest BCUT2D eigenvalue weighted by Gasteiger charge is 2.21. The van der Waals surface area contributed by atoms with Gasteiger partial charge in [-0.3, -0.25) is 0 Å². The molecule has 0 saturated carbocycles. The van der Waals surface area contributed by atoms with E-state index in [0.717, 1.165) is 32.7 Å². The number of nitrogens with one attached hydrogen (secondary N) is 2. The second-order valence-electron chi connectivity index (χ2n) is 5.02. The number of rotatable bonds is 6. The summed E-state index contributed by atoms with van der Waals surface area (Å²) in [5.41, 5.74) is 0. The van der Waals surface area contributed by atoms with Gasteiger partial charge in [-0.1, -0.05) is 23.2 Å². The Hall–Kier alpha value is 0.140. The fourth-order valence-corrected chi connectivity index (χ4v) is 4.05. The average Bonchev–Trinajstić information content (AvgIpc) is 2.50. The lowest BCUT2D eigenvalue weighted by molar-refractivity contribution is 0.239. The quantitative estimate of drug-likeness (QED) is 0.525. The van der Waals surface area contributed by atoms with Crippen molar-refractivity contribution in [2.75, 3.05) is 39.3 Å². The van der Waals surface area contributed by atoms with Gasteiger partial charge in [0.1, 0.15) is 4.90 Å². The summed E-state index contributed by atoms with van der Waals surface area (Å²) >= 11 is 11.3. The summed E-state index contributed by atoms with van der Waals surface area (Å²) in [4.78, 5) is 1.97. The molecule has 1 aromatic rings. The highest BCUT2D eigenvalue weighted by atomic mass is 35.5. The van der Waals surface area contributed by atoms with Gasteiger partial charge in [0.15, 0.2) is 5.82 Å². The van der Waals surface area contributed by atoms with Crippen molar-refractivity contribution < 1.29 is 12.8 Å². The van der Waals surface area contributed by atoms with Crippen LogP contribution in [0.2, 0.25) is 10.0 Å². The Balaban J connectivity index is 0.00000264. The zero-order valence-electron chi connectivity index (χ0n) is 12.7. The van der Waals surface area contributed by atoms with Gasteiger partial charge in [-0.05, 0) is 25.1 Å². The van der Waals surface area contributed by atoms with Gasteiger partial charge < -0.3 is 10.2 Å². The molecule has 0 aromatic heterocycles. The van der Waals surface area contributed by atoms with E-state index in [4.69, 9.17) is 23.2 Å². The van der Waals surface area contributed by atoms with Crippen molar-refractivity contribution in [3.8, 4) is 0 Å². The first-order chi connectivity index (χ1) is 10.4. The topological polar surface area (TPSA) is 61.4 Å². The standard InChI is InChI=1S/C13H18Cl2FN3O2S.2ClH/c14-10-2-3-11(12(15)13(10)16)22(20,21)18-4-1-7-19-8-5-17-6-9-19;;/h2-3,17-18H,1,4-9H2;2*1H. The lowest BCUT2D eigenvalue weighted by Gasteiger charge is -2.27. The first-order valence-electron chi connectivity index (χ1n) is 6.98. The molecule has 24 heavy (non-hydrogen) atoms. The van der Waals surface area contributed by atoms with Crippen LogP contribution in [0.1, 0.15) is 6.42 Å². The van der Waals surface area contributed by atoms with Crippen LogP contribution in [0.3, 0.4) is 0 Å². The predicted molar refractivity (Wildman–Crippen MR) is 100 cm³/mol. The minimum absolute atomic E-state index is 0. The van der Waals surface area contributed by atoms with Crippen molar-refractivity contribution >= 4 is 58.0 Å². The number of hydrogen-bond acceptors (Lipinski definition) is 4. The van der Waals surface area contributed by atoms with Gasteiger partial charge >= 0.3 is 0 Å². The molecule has 0 amide bonds. The SMILES string of the molecule is Cl.Cl.O=S(=O)(NCCCN1CCNCC1)c1ccc(Cl)c(F)c1Cl. The minimum atomic E-state index is -3.84. The molecule has 0 radical (unpaired) electrons. The van der Waals surface area contributed by atoms with E-state index in [1.54, 1.807) is 0 Å². The van der Waals surface area contributed by atoms with Crippen LogP contribution in [0.25, 0.3) is 0 Å². The van der Waals surface area contributed by atoms with E-state index in [-0.39, 0.29) is 41.3 Å². The van der Waals surface area contributed by atoms with Crippen molar-refractivity contribution in [2.45, 2.75) is 11.3 Å². The minimum Gasteiger partial charge on any atom is -0.314 e. The molecule has 1 aliphatic rings. The third-order valence-electron chi connectivity index (χ3n) is 3.44. The normalized spacial score (nSPS) is 15.5. The molecule has 0 atom stereocenters. The van der Waals surface area contributed by atoms with Gasteiger partial charge in [0.05, 0.1) is 10.0 Å². The van der Waals surface area contributed by atoms with E-state index < -0.39 is 20.9 Å². The second kappa shape index (κ2) is 11.0. The summed E-state index contributed by atoms with van der Waals surface area (Å²) in [6.45, 7) is 4.90. The number of halogens is 5. The summed E-state index contributed by atoms with van der Waals surface area (Å²) in [5, 5.41) is 2.56. The first kappa shape index (κ1) is 24.1. The molecule has 1 aliphatic heterocycles. The Kier molecular flexibility index (Phi) is 11.0. The first-order valence-corrected chi connectivity index (χ1v) is 9.22. The second-order valence-corrected chi connectivity index (χ2v) is 7.54. The van der Waals surface area contributed by atoms with Gasteiger partial charge in [0.25, 0.3) is 0 Å². The van der Waals surface area contributed by atoms with Crippen molar-refractivity contribution in [1.82, 2.24) is 14.9 Å². The van der Waals surface area contributed by atoms with E-state index in [2.05, 4.69) is 14.9 Å². The monoisotopic (exact) mass is 441 g/mol. The number of sulfonamides is 1. The Bertz CT molecular complexity index is 628. The highest BCUT2D eigenvalue weighted by molar-refractivity contribution is 7.89. The van der Waals surface area contributed by atoms with Gasteiger partial charge in [-0.25, -0.2) is 17.5 Å². The molecule has 140 valence electrons. The number of nitrogens with zero attached hydrogens (tertiary/aromatic N) is 1. The number of piperazine rings is 1. The molecule has 1 heterocycles. The van der Waals surface area contributed by atoms with E-state index in [1.807, 2.05) is 0 Å². The van der Waals surface area contributed by atoms with E-state index in [1.165, 1.54) is 12.1 Å². The molecule has 11 heteroatoms. The Labute approximate surface area is 164 Å². The molecule has 0 aliphatic carbocycles. The predicted octanol–water partition coefficient (Wildman–Crippen LogP) is 2.55. The Morgan fingerprint density at radius 3 is 2.46 bits per heavy atom. The molecule has 1 aromatic carbocycles. The van der Waals surface area contributed by atoms with Crippen LogP contribution in [0.5, 0.6) is 0 Å². The zero-order chi connectivity index (χ0) is 16.2. The van der Waals surface area contributed by atoms with Crippen LogP contribution in [0.4, 0.5) is 4.39 Å². The zero-order valence-corrected chi connectivity index (χ0v) is 16.7. The molecule has 5 nitrogen and oxygen atoms in total. The molecule has 1 saturated heterocycles. The molecular formula is C13H20Cl4FN3O2S. The summed E-state index contributed by atoms with van der Waals surface area (Å²) in [5.74, 6) is -0.924. The van der Waals surface area contributed by atoms with E-state index in [9.17, 15) is 12.8 Å². The summed E-state index contributed by atoms with van der Waals surface area (Å²) in [6.07, 6.45) is 0.674. The average molecular weight is 443 g/mol. The molecule has 0 spiro atoms. The van der Waals surface area contributed by atoms with Gasteiger partial charge in [-0.2, -0.15) is 0 Å². The third kappa shape index (κ3) is 6.46. The van der Waals surface area contributed by atoms with Crippen LogP contribution in [0.15, 0.2) is 17.0 Å². The molecule has 1 fully saturated rings. The molecule has 0 unspecified atom stereocenters. The van der Waals surface area contributed by atoms with Crippen molar-refractivity contribution in [1.29, 1.82) is 0 Å². The van der Waals surface area contributed by atoms with Crippen LogP contribution in [0, 0.1) is 5.82 Å². The Morgan fingerprint density at radius 2 is 1.83 bits per heavy atom. The highest BCUT2D eigenvalue weighted by Crippen LogP contribution is 2.29. The van der Waals surface area contributed by atoms with Gasteiger partial charge in [0, 0.05) is 32.7 Å². The number of hydrogen-bond donors (Lipinski definition) is 2. The fourth-order valence-electron chi connectivity index (χ4n) is 2.24. The number of benzene rings is 1. The van der Waals surface area contributed by atoms with Crippen LogP contribution in [-0.2, 0) is 10.0 Å². The lowest BCUT2D eigenvalue weighted by Crippen LogP contribution is -2.44. The van der Waals surface area contributed by atoms with Crippen molar-refractivity contribution in [2.24, 2.45) is 0 Å². The summed E-state index contributed by atoms with van der Waals surface area (Å²) in [6, 6.07) is 2.38. The summed E-state index contributed by atoms with van der Waals surface area (Å²) < 4.78 is 40.3. The fraction of sp³-hybridized carbons (Fsp3) is 0.538. The maximum Gasteiger partial charge on any atom is 0.242 e. The summed E-state index contributed by atoms with van der Waals surface area (Å²) in [7, 11) is -3.84. The smallest absolute Gasteiger partial charge is 0.242 e. The van der Waals surface area contributed by atoms with Crippen molar-refractivity contribution in [3.05, 3.63) is 28.0 Å². The third-order valence-corrected chi connectivity index (χ3v) is 5.72. The lowest BCUT2D eigenvalue weighted by atomic mass is 10.3. The van der Waals surface area contributed by atoms with E-state index in [0.29, 0.717) is 6.42 Å². The van der Waals surface area contributed by atoms with Crippen molar-refractivity contribution in [3.63, 3.8) is 0 Å². The van der Waals surface area contributed by atoms with Gasteiger partial charge in [0.2, 0.25) is 10.0 Å². The molecule has 2 rings (SSSR count). The van der Waals surface area contributed by atoms with Gasteiger partial charge in [-0.15, -0.1) is 24.8 Å². The maximum atomic E-state index is 13.6. The molecule has 2 N–H and O–H groups in total. The van der Waals surface area contributed by atoms with Crippen LogP contribution < -0.4 is 10.0 Å². The largest absolute Gasteiger partial charge is 0.314 e. The maximum absolute atomic E-state index is 13.6. The van der Waals surface area contributed by atoms with Crippen LogP contribution >= 0.6 is 48.0 Å². The van der Waals surface area contributed by atoms with E-state index >= 15 is 0 Å². The Morgan fingerprint density at radius 1 is 1.21 bits per heavy atom. The molecular weight excluding hydrogens is 423 g/mol. The molecule has 0 bridgehead atoms.